The Bertz CT molecular complexity index is 1520. The standard InChI is InChI=1S/C29H24BrNO6/c1-3-36-22-6-4-5-17(13-22)16-31-26(18-7-10-21(35-2)11-8-18)25(28(33)29(31)34)27(32)24-15-19-14-20(30)9-12-23(19)37-24/h4-15,26,33H,3,16H2,1-2H3. The van der Waals surface area contributed by atoms with E-state index >= 15 is 0 Å². The number of ketones is 1. The van der Waals surface area contributed by atoms with Crippen molar-refractivity contribution in [2.75, 3.05) is 13.7 Å². The molecular formula is C29H24BrNO6. The molecule has 1 aliphatic heterocycles. The van der Waals surface area contributed by atoms with Gasteiger partial charge in [-0.2, -0.15) is 0 Å². The fraction of sp³-hybridized carbons (Fsp3) is 0.172. The van der Waals surface area contributed by atoms with Crippen LogP contribution in [0.1, 0.15) is 34.6 Å². The Kier molecular flexibility index (Phi) is 6.76. The van der Waals surface area contributed by atoms with Gasteiger partial charge in [0.15, 0.2) is 11.5 Å². The molecule has 188 valence electrons. The summed E-state index contributed by atoms with van der Waals surface area (Å²) in [7, 11) is 1.56. The molecule has 0 bridgehead atoms. The van der Waals surface area contributed by atoms with Crippen LogP contribution in [0.15, 0.2) is 93.0 Å². The summed E-state index contributed by atoms with van der Waals surface area (Å²) in [6.45, 7) is 2.56. The predicted octanol–water partition coefficient (Wildman–Crippen LogP) is 6.38. The van der Waals surface area contributed by atoms with E-state index in [1.165, 1.54) is 4.90 Å². The maximum atomic E-state index is 13.8. The van der Waals surface area contributed by atoms with Crippen molar-refractivity contribution in [1.29, 1.82) is 0 Å². The highest BCUT2D eigenvalue weighted by Gasteiger charge is 2.44. The molecule has 37 heavy (non-hydrogen) atoms. The molecule has 4 aromatic rings. The number of carbonyl (C=O) groups excluding carboxylic acids is 2. The van der Waals surface area contributed by atoms with E-state index in [0.717, 1.165) is 15.4 Å². The van der Waals surface area contributed by atoms with E-state index in [-0.39, 0.29) is 17.9 Å². The number of methoxy groups -OCH3 is 1. The van der Waals surface area contributed by atoms with E-state index in [1.54, 1.807) is 43.5 Å². The van der Waals surface area contributed by atoms with Gasteiger partial charge < -0.3 is 23.9 Å². The highest BCUT2D eigenvalue weighted by molar-refractivity contribution is 9.10. The third-order valence-corrected chi connectivity index (χ3v) is 6.74. The van der Waals surface area contributed by atoms with Gasteiger partial charge >= 0.3 is 0 Å². The maximum absolute atomic E-state index is 13.8. The Morgan fingerprint density at radius 3 is 2.57 bits per heavy atom. The monoisotopic (exact) mass is 561 g/mol. The van der Waals surface area contributed by atoms with Gasteiger partial charge in [0.1, 0.15) is 17.1 Å². The van der Waals surface area contributed by atoms with Gasteiger partial charge in [0.25, 0.3) is 5.91 Å². The number of halogens is 1. The highest BCUT2D eigenvalue weighted by Crippen LogP contribution is 2.41. The maximum Gasteiger partial charge on any atom is 0.290 e. The number of hydrogen-bond donors (Lipinski definition) is 1. The van der Waals surface area contributed by atoms with E-state index < -0.39 is 23.5 Å². The van der Waals surface area contributed by atoms with Crippen molar-refractivity contribution in [3.8, 4) is 11.5 Å². The van der Waals surface area contributed by atoms with Gasteiger partial charge in [-0.1, -0.05) is 40.2 Å². The largest absolute Gasteiger partial charge is 0.503 e. The number of aliphatic hydroxyl groups excluding tert-OH is 1. The molecule has 8 heteroatoms. The summed E-state index contributed by atoms with van der Waals surface area (Å²) in [6, 6.07) is 20.6. The van der Waals surface area contributed by atoms with E-state index in [9.17, 15) is 14.7 Å². The third-order valence-electron chi connectivity index (χ3n) is 6.24. The first-order chi connectivity index (χ1) is 17.9. The van der Waals surface area contributed by atoms with E-state index in [2.05, 4.69) is 15.9 Å². The molecular weight excluding hydrogens is 538 g/mol. The van der Waals surface area contributed by atoms with Crippen molar-refractivity contribution in [3.05, 3.63) is 105 Å². The first-order valence-electron chi connectivity index (χ1n) is 11.7. The minimum Gasteiger partial charge on any atom is -0.503 e. The van der Waals surface area contributed by atoms with Gasteiger partial charge in [-0.05, 0) is 66.6 Å². The number of hydrogen-bond acceptors (Lipinski definition) is 6. The molecule has 1 unspecified atom stereocenters. The normalized spacial score (nSPS) is 15.5. The van der Waals surface area contributed by atoms with Crippen molar-refractivity contribution in [3.63, 3.8) is 0 Å². The van der Waals surface area contributed by atoms with Crippen LogP contribution in [-0.2, 0) is 11.3 Å². The van der Waals surface area contributed by atoms with Crippen LogP contribution in [0.3, 0.4) is 0 Å². The second-order valence-corrected chi connectivity index (χ2v) is 9.49. The number of amides is 1. The van der Waals surface area contributed by atoms with Crippen LogP contribution in [0.25, 0.3) is 11.0 Å². The molecule has 2 heterocycles. The Labute approximate surface area is 222 Å². The summed E-state index contributed by atoms with van der Waals surface area (Å²) in [6.07, 6.45) is 0. The summed E-state index contributed by atoms with van der Waals surface area (Å²) in [5.41, 5.74) is 1.95. The van der Waals surface area contributed by atoms with Gasteiger partial charge in [-0.3, -0.25) is 9.59 Å². The molecule has 1 N–H and O–H groups in total. The summed E-state index contributed by atoms with van der Waals surface area (Å²) in [5.74, 6) is -0.425. The number of fused-ring (bicyclic) bond motifs is 1. The van der Waals surface area contributed by atoms with Gasteiger partial charge in [0.2, 0.25) is 5.78 Å². The topological polar surface area (TPSA) is 89.2 Å². The van der Waals surface area contributed by atoms with Gasteiger partial charge in [0, 0.05) is 16.4 Å². The zero-order chi connectivity index (χ0) is 26.1. The van der Waals surface area contributed by atoms with Crippen LogP contribution in [-0.4, -0.2) is 35.4 Å². The number of aliphatic hydroxyl groups is 1. The van der Waals surface area contributed by atoms with Crippen molar-refractivity contribution in [2.24, 2.45) is 0 Å². The first-order valence-corrected chi connectivity index (χ1v) is 12.5. The summed E-state index contributed by atoms with van der Waals surface area (Å²) in [4.78, 5) is 28.6. The Hall–Kier alpha value is -4.04. The van der Waals surface area contributed by atoms with Crippen molar-refractivity contribution in [1.82, 2.24) is 4.90 Å². The molecule has 0 saturated heterocycles. The van der Waals surface area contributed by atoms with Crippen LogP contribution < -0.4 is 9.47 Å². The number of rotatable bonds is 8. The van der Waals surface area contributed by atoms with Crippen LogP contribution in [0.2, 0.25) is 0 Å². The predicted molar refractivity (Wildman–Crippen MR) is 142 cm³/mol. The number of furan rings is 1. The summed E-state index contributed by atoms with van der Waals surface area (Å²) < 4.78 is 17.5. The molecule has 1 atom stereocenters. The van der Waals surface area contributed by atoms with Gasteiger partial charge in [0.05, 0.1) is 25.3 Å². The molecule has 7 nitrogen and oxygen atoms in total. The fourth-order valence-corrected chi connectivity index (χ4v) is 4.92. The molecule has 3 aromatic carbocycles. The lowest BCUT2D eigenvalue weighted by Gasteiger charge is -2.27. The van der Waals surface area contributed by atoms with Gasteiger partial charge in [-0.15, -0.1) is 0 Å². The van der Waals surface area contributed by atoms with Gasteiger partial charge in [-0.25, -0.2) is 0 Å². The smallest absolute Gasteiger partial charge is 0.290 e. The molecule has 0 aliphatic carbocycles. The van der Waals surface area contributed by atoms with Crippen LogP contribution in [0.4, 0.5) is 0 Å². The highest BCUT2D eigenvalue weighted by atomic mass is 79.9. The number of benzene rings is 3. The number of carbonyl (C=O) groups is 2. The molecule has 5 rings (SSSR count). The second kappa shape index (κ2) is 10.1. The van der Waals surface area contributed by atoms with Crippen LogP contribution in [0, 0.1) is 0 Å². The van der Waals surface area contributed by atoms with E-state index in [1.807, 2.05) is 43.3 Å². The molecule has 1 amide bonds. The number of ether oxygens (including phenoxy) is 2. The fourth-order valence-electron chi connectivity index (χ4n) is 4.54. The lowest BCUT2D eigenvalue weighted by molar-refractivity contribution is -0.130. The molecule has 1 aromatic heterocycles. The van der Waals surface area contributed by atoms with Crippen molar-refractivity contribution < 1.29 is 28.6 Å². The zero-order valence-electron chi connectivity index (χ0n) is 20.2. The first kappa shape index (κ1) is 24.6. The Morgan fingerprint density at radius 1 is 1.05 bits per heavy atom. The Morgan fingerprint density at radius 2 is 1.84 bits per heavy atom. The number of Topliss-reactive ketones (excluding diaryl/α,β-unsaturated/α-hetero) is 1. The third kappa shape index (κ3) is 4.72. The van der Waals surface area contributed by atoms with E-state index in [4.69, 9.17) is 13.9 Å². The van der Waals surface area contributed by atoms with E-state index in [0.29, 0.717) is 29.3 Å². The summed E-state index contributed by atoms with van der Waals surface area (Å²) in [5, 5.41) is 11.7. The van der Waals surface area contributed by atoms with Crippen molar-refractivity contribution in [2.45, 2.75) is 19.5 Å². The second-order valence-electron chi connectivity index (χ2n) is 8.57. The SMILES string of the molecule is CCOc1cccc(CN2C(=O)C(O)=C(C(=O)c3cc4cc(Br)ccc4o3)C2c2ccc(OC)cc2)c1. The number of nitrogens with zero attached hydrogens (tertiary/aromatic N) is 1. The molecule has 0 spiro atoms. The lowest BCUT2D eigenvalue weighted by atomic mass is 9.94. The quantitative estimate of drug-likeness (QED) is 0.251. The minimum atomic E-state index is -0.832. The minimum absolute atomic E-state index is 0.0331. The molecule has 0 fully saturated rings. The van der Waals surface area contributed by atoms with Crippen LogP contribution >= 0.6 is 15.9 Å². The Balaban J connectivity index is 1.57. The zero-order valence-corrected chi connectivity index (χ0v) is 21.8. The average molecular weight is 562 g/mol. The van der Waals surface area contributed by atoms with Crippen LogP contribution in [0.5, 0.6) is 11.5 Å². The average Bonchev–Trinajstić information content (AvgIpc) is 3.43. The van der Waals surface area contributed by atoms with Crippen molar-refractivity contribution >= 4 is 38.6 Å². The summed E-state index contributed by atoms with van der Waals surface area (Å²) >= 11 is 3.42. The molecule has 0 radical (unpaired) electrons. The molecule has 1 aliphatic rings. The molecule has 0 saturated carbocycles. The lowest BCUT2D eigenvalue weighted by Crippen LogP contribution is -2.30.